The number of nitrogens with one attached hydrogen (secondary N) is 1. The second kappa shape index (κ2) is 7.76. The molecule has 1 N–H and O–H groups in total. The molecule has 1 aromatic carbocycles. The summed E-state index contributed by atoms with van der Waals surface area (Å²) in [5, 5.41) is 4.49. The van der Waals surface area contributed by atoms with Crippen LogP contribution in [0, 0.1) is 5.82 Å². The molecule has 2 nitrogen and oxygen atoms in total. The molecule has 1 aromatic heterocycles. The van der Waals surface area contributed by atoms with E-state index in [9.17, 15) is 4.39 Å². The average molecular weight is 310 g/mol. The molecule has 0 bridgehead atoms. The number of hydrogen-bond acceptors (Lipinski definition) is 4. The van der Waals surface area contributed by atoms with E-state index in [4.69, 9.17) is 0 Å². The van der Waals surface area contributed by atoms with E-state index in [0.29, 0.717) is 16.7 Å². The van der Waals surface area contributed by atoms with Crippen LogP contribution >= 0.6 is 23.1 Å². The summed E-state index contributed by atoms with van der Waals surface area (Å²) in [6, 6.07) is 7.20. The fourth-order valence-corrected chi connectivity index (χ4v) is 3.64. The molecule has 0 radical (unpaired) electrons. The second-order valence-electron chi connectivity index (χ2n) is 4.55. The van der Waals surface area contributed by atoms with E-state index in [1.807, 2.05) is 12.3 Å². The SMILES string of the molecule is CCCNC(C)c1cnc(CSc2ccccc2F)s1. The lowest BCUT2D eigenvalue weighted by Gasteiger charge is -2.09. The number of aromatic nitrogens is 1. The van der Waals surface area contributed by atoms with Crippen molar-refractivity contribution in [3.63, 3.8) is 0 Å². The Hall–Kier alpha value is -0.910. The first-order valence-electron chi connectivity index (χ1n) is 6.76. The fraction of sp³-hybridized carbons (Fsp3) is 0.400. The first-order valence-corrected chi connectivity index (χ1v) is 8.56. The van der Waals surface area contributed by atoms with Crippen molar-refractivity contribution in [2.24, 2.45) is 0 Å². The smallest absolute Gasteiger partial charge is 0.136 e. The maximum atomic E-state index is 13.5. The molecule has 108 valence electrons. The molecule has 0 aliphatic carbocycles. The molecule has 1 atom stereocenters. The standard InChI is InChI=1S/C15H19FN2S2/c1-3-8-17-11(2)14-9-18-15(20-14)10-19-13-7-5-4-6-12(13)16/h4-7,9,11,17H,3,8,10H2,1-2H3. The van der Waals surface area contributed by atoms with E-state index in [2.05, 4.69) is 24.1 Å². The van der Waals surface area contributed by atoms with Gasteiger partial charge in [0.25, 0.3) is 0 Å². The summed E-state index contributed by atoms with van der Waals surface area (Å²) >= 11 is 3.20. The van der Waals surface area contributed by atoms with Gasteiger partial charge >= 0.3 is 0 Å². The fourth-order valence-electron chi connectivity index (χ4n) is 1.75. The molecule has 0 fully saturated rings. The molecule has 0 saturated heterocycles. The lowest BCUT2D eigenvalue weighted by Crippen LogP contribution is -2.18. The predicted octanol–water partition coefficient (Wildman–Crippen LogP) is 4.64. The van der Waals surface area contributed by atoms with Crippen molar-refractivity contribution in [1.82, 2.24) is 10.3 Å². The third-order valence-corrected chi connectivity index (χ3v) is 5.31. The molecule has 0 aliphatic heterocycles. The molecular weight excluding hydrogens is 291 g/mol. The van der Waals surface area contributed by atoms with Crippen molar-refractivity contribution < 1.29 is 4.39 Å². The highest BCUT2D eigenvalue weighted by atomic mass is 32.2. The number of nitrogens with zero attached hydrogens (tertiary/aromatic N) is 1. The zero-order valence-electron chi connectivity index (χ0n) is 11.7. The van der Waals surface area contributed by atoms with E-state index < -0.39 is 0 Å². The van der Waals surface area contributed by atoms with E-state index in [-0.39, 0.29) is 5.82 Å². The highest BCUT2D eigenvalue weighted by Crippen LogP contribution is 2.28. The minimum Gasteiger partial charge on any atom is -0.309 e. The minimum atomic E-state index is -0.160. The summed E-state index contributed by atoms with van der Waals surface area (Å²) in [4.78, 5) is 6.35. The number of benzene rings is 1. The first kappa shape index (κ1) is 15.5. The maximum Gasteiger partial charge on any atom is 0.136 e. The van der Waals surface area contributed by atoms with Gasteiger partial charge in [0.05, 0.1) is 5.75 Å². The van der Waals surface area contributed by atoms with Crippen LogP contribution in [0.1, 0.15) is 36.2 Å². The van der Waals surface area contributed by atoms with E-state index in [1.54, 1.807) is 23.5 Å². The van der Waals surface area contributed by atoms with Crippen molar-refractivity contribution in [2.75, 3.05) is 6.54 Å². The minimum absolute atomic E-state index is 0.160. The molecule has 2 rings (SSSR count). The van der Waals surface area contributed by atoms with Gasteiger partial charge in [0.15, 0.2) is 0 Å². The van der Waals surface area contributed by atoms with Crippen molar-refractivity contribution in [3.8, 4) is 0 Å². The summed E-state index contributed by atoms with van der Waals surface area (Å²) in [7, 11) is 0. The van der Waals surface area contributed by atoms with Crippen LogP contribution in [-0.2, 0) is 5.75 Å². The van der Waals surface area contributed by atoms with E-state index >= 15 is 0 Å². The topological polar surface area (TPSA) is 24.9 Å². The summed E-state index contributed by atoms with van der Waals surface area (Å²) in [6.07, 6.45) is 3.05. The zero-order valence-corrected chi connectivity index (χ0v) is 13.4. The van der Waals surface area contributed by atoms with Crippen LogP contribution in [0.3, 0.4) is 0 Å². The Morgan fingerprint density at radius 2 is 2.20 bits per heavy atom. The Morgan fingerprint density at radius 1 is 1.40 bits per heavy atom. The van der Waals surface area contributed by atoms with Gasteiger partial charge in [-0.2, -0.15) is 0 Å². The molecule has 5 heteroatoms. The highest BCUT2D eigenvalue weighted by Gasteiger charge is 2.10. The van der Waals surface area contributed by atoms with Gasteiger partial charge in [0, 0.05) is 22.0 Å². The van der Waals surface area contributed by atoms with Crippen molar-refractivity contribution in [1.29, 1.82) is 0 Å². The first-order chi connectivity index (χ1) is 9.70. The molecule has 0 amide bonds. The summed E-state index contributed by atoms with van der Waals surface area (Å²) < 4.78 is 13.5. The largest absolute Gasteiger partial charge is 0.309 e. The number of hydrogen-bond donors (Lipinski definition) is 1. The summed E-state index contributed by atoms with van der Waals surface area (Å²) in [5.74, 6) is 0.554. The number of rotatable bonds is 7. The Morgan fingerprint density at radius 3 is 2.95 bits per heavy atom. The van der Waals surface area contributed by atoms with Crippen LogP contribution in [0.25, 0.3) is 0 Å². The van der Waals surface area contributed by atoms with E-state index in [0.717, 1.165) is 18.0 Å². The lowest BCUT2D eigenvalue weighted by atomic mass is 10.3. The third-order valence-electron chi connectivity index (χ3n) is 2.89. The maximum absolute atomic E-state index is 13.5. The molecule has 1 heterocycles. The van der Waals surface area contributed by atoms with Gasteiger partial charge in [-0.3, -0.25) is 0 Å². The Kier molecular flexibility index (Phi) is 6.01. The zero-order chi connectivity index (χ0) is 14.4. The van der Waals surface area contributed by atoms with Crippen LogP contribution in [0.5, 0.6) is 0 Å². The van der Waals surface area contributed by atoms with Gasteiger partial charge in [-0.25, -0.2) is 9.37 Å². The molecule has 2 aromatic rings. The lowest BCUT2D eigenvalue weighted by molar-refractivity contribution is 0.577. The van der Waals surface area contributed by atoms with Gasteiger partial charge in [-0.1, -0.05) is 19.1 Å². The Balaban J connectivity index is 1.91. The second-order valence-corrected chi connectivity index (χ2v) is 6.72. The predicted molar refractivity (Wildman–Crippen MR) is 84.8 cm³/mol. The van der Waals surface area contributed by atoms with Crippen LogP contribution in [0.2, 0.25) is 0 Å². The third kappa shape index (κ3) is 4.30. The molecule has 20 heavy (non-hydrogen) atoms. The average Bonchev–Trinajstić information content (AvgIpc) is 2.93. The van der Waals surface area contributed by atoms with Crippen molar-refractivity contribution in [3.05, 3.63) is 46.2 Å². The Labute approximate surface area is 127 Å². The molecule has 0 saturated carbocycles. The Bertz CT molecular complexity index is 542. The van der Waals surface area contributed by atoms with Crippen molar-refractivity contribution >= 4 is 23.1 Å². The normalized spacial score (nSPS) is 12.6. The molecule has 0 spiro atoms. The molecule has 0 aliphatic rings. The van der Waals surface area contributed by atoms with Gasteiger partial charge in [-0.15, -0.1) is 23.1 Å². The van der Waals surface area contributed by atoms with E-state index in [1.165, 1.54) is 22.7 Å². The van der Waals surface area contributed by atoms with Crippen LogP contribution in [0.4, 0.5) is 4.39 Å². The van der Waals surface area contributed by atoms with Crippen LogP contribution < -0.4 is 5.32 Å². The summed E-state index contributed by atoms with van der Waals surface area (Å²) in [6.45, 7) is 5.32. The molecule has 1 unspecified atom stereocenters. The van der Waals surface area contributed by atoms with Gasteiger partial charge in [-0.05, 0) is 32.0 Å². The molecular formula is C15H19FN2S2. The van der Waals surface area contributed by atoms with Crippen LogP contribution in [0.15, 0.2) is 35.4 Å². The summed E-state index contributed by atoms with van der Waals surface area (Å²) in [5.41, 5.74) is 0. The monoisotopic (exact) mass is 310 g/mol. The highest BCUT2D eigenvalue weighted by molar-refractivity contribution is 7.98. The number of thioether (sulfide) groups is 1. The van der Waals surface area contributed by atoms with Gasteiger partial charge < -0.3 is 5.32 Å². The van der Waals surface area contributed by atoms with Crippen LogP contribution in [-0.4, -0.2) is 11.5 Å². The number of halogens is 1. The number of thiazole rings is 1. The van der Waals surface area contributed by atoms with Gasteiger partial charge in [0.1, 0.15) is 10.8 Å². The van der Waals surface area contributed by atoms with Crippen molar-refractivity contribution in [2.45, 2.75) is 37.0 Å². The quantitative estimate of drug-likeness (QED) is 0.754. The van der Waals surface area contributed by atoms with Gasteiger partial charge in [0.2, 0.25) is 0 Å².